The SMILES string of the molecule is CCOc1cccc(C2C(C(=O)c3cc4cccc(OC)c4o3)=C(O)C(=O)N2c2cc(C)on2)c1. The van der Waals surface area contributed by atoms with Crippen LogP contribution in [-0.4, -0.2) is 35.7 Å². The number of fused-ring (bicyclic) bond motifs is 1. The van der Waals surface area contributed by atoms with Crippen molar-refractivity contribution in [1.82, 2.24) is 5.16 Å². The highest BCUT2D eigenvalue weighted by atomic mass is 16.5. The molecule has 0 aliphatic carbocycles. The Morgan fingerprint density at radius 3 is 2.69 bits per heavy atom. The molecule has 9 heteroatoms. The number of furan rings is 1. The highest BCUT2D eigenvalue weighted by Crippen LogP contribution is 2.43. The summed E-state index contributed by atoms with van der Waals surface area (Å²) in [7, 11) is 1.50. The molecule has 0 bridgehead atoms. The van der Waals surface area contributed by atoms with E-state index in [-0.39, 0.29) is 17.2 Å². The number of benzene rings is 2. The van der Waals surface area contributed by atoms with E-state index in [9.17, 15) is 14.7 Å². The zero-order valence-electron chi connectivity index (χ0n) is 19.3. The molecule has 1 amide bonds. The number of ether oxygens (including phenoxy) is 2. The van der Waals surface area contributed by atoms with Crippen LogP contribution in [-0.2, 0) is 4.79 Å². The summed E-state index contributed by atoms with van der Waals surface area (Å²) >= 11 is 0. The summed E-state index contributed by atoms with van der Waals surface area (Å²) < 4.78 is 21.9. The lowest BCUT2D eigenvalue weighted by Crippen LogP contribution is -2.31. The molecule has 4 aromatic rings. The van der Waals surface area contributed by atoms with Crippen molar-refractivity contribution in [3.05, 3.63) is 83.0 Å². The summed E-state index contributed by atoms with van der Waals surface area (Å²) in [5.74, 6) is -0.481. The molecule has 3 heterocycles. The van der Waals surface area contributed by atoms with E-state index < -0.39 is 23.5 Å². The number of hydrogen-bond acceptors (Lipinski definition) is 8. The Morgan fingerprint density at radius 2 is 1.97 bits per heavy atom. The first kappa shape index (κ1) is 22.3. The zero-order chi connectivity index (χ0) is 24.7. The molecular formula is C26H22N2O7. The molecule has 1 atom stereocenters. The third-order valence-corrected chi connectivity index (χ3v) is 5.75. The molecule has 35 heavy (non-hydrogen) atoms. The van der Waals surface area contributed by atoms with Crippen molar-refractivity contribution in [2.75, 3.05) is 18.6 Å². The number of hydrogen-bond donors (Lipinski definition) is 1. The van der Waals surface area contributed by atoms with E-state index in [1.54, 1.807) is 61.5 Å². The number of methoxy groups -OCH3 is 1. The number of Topliss-reactive ketones (excluding diaryl/α,β-unsaturated/α-hetero) is 1. The van der Waals surface area contributed by atoms with Gasteiger partial charge in [0.05, 0.1) is 25.3 Å². The largest absolute Gasteiger partial charge is 0.503 e. The molecule has 0 saturated heterocycles. The molecule has 1 aliphatic heterocycles. The van der Waals surface area contributed by atoms with Crippen molar-refractivity contribution in [1.29, 1.82) is 0 Å². The highest BCUT2D eigenvalue weighted by molar-refractivity contribution is 6.20. The van der Waals surface area contributed by atoms with Crippen molar-refractivity contribution in [3.8, 4) is 11.5 Å². The van der Waals surface area contributed by atoms with Gasteiger partial charge in [-0.25, -0.2) is 0 Å². The summed E-state index contributed by atoms with van der Waals surface area (Å²) in [6.07, 6.45) is 0. The summed E-state index contributed by atoms with van der Waals surface area (Å²) in [6.45, 7) is 3.97. The molecule has 0 saturated carbocycles. The van der Waals surface area contributed by atoms with Gasteiger partial charge < -0.3 is 23.5 Å². The molecule has 0 radical (unpaired) electrons. The molecule has 1 unspecified atom stereocenters. The lowest BCUT2D eigenvalue weighted by Gasteiger charge is -2.24. The number of para-hydroxylation sites is 1. The second-order valence-corrected chi connectivity index (χ2v) is 7.96. The van der Waals surface area contributed by atoms with Gasteiger partial charge in [-0.2, -0.15) is 0 Å². The topological polar surface area (TPSA) is 115 Å². The first-order valence-electron chi connectivity index (χ1n) is 11.0. The Kier molecular flexibility index (Phi) is 5.52. The third kappa shape index (κ3) is 3.71. The first-order chi connectivity index (χ1) is 16.9. The number of nitrogens with zero attached hydrogens (tertiary/aromatic N) is 2. The third-order valence-electron chi connectivity index (χ3n) is 5.75. The monoisotopic (exact) mass is 474 g/mol. The number of aryl methyl sites for hydroxylation is 1. The van der Waals surface area contributed by atoms with Crippen molar-refractivity contribution < 1.29 is 33.1 Å². The predicted octanol–water partition coefficient (Wildman–Crippen LogP) is 4.92. The fourth-order valence-corrected chi connectivity index (χ4v) is 4.24. The van der Waals surface area contributed by atoms with E-state index in [4.69, 9.17) is 18.4 Å². The van der Waals surface area contributed by atoms with Crippen molar-refractivity contribution >= 4 is 28.5 Å². The lowest BCUT2D eigenvalue weighted by atomic mass is 9.95. The zero-order valence-corrected chi connectivity index (χ0v) is 19.3. The van der Waals surface area contributed by atoms with E-state index in [0.29, 0.717) is 40.4 Å². The van der Waals surface area contributed by atoms with Crippen LogP contribution in [0.4, 0.5) is 5.82 Å². The molecule has 1 N–H and O–H groups in total. The van der Waals surface area contributed by atoms with Gasteiger partial charge in [-0.1, -0.05) is 29.4 Å². The molecule has 0 spiro atoms. The van der Waals surface area contributed by atoms with Gasteiger partial charge in [0.15, 0.2) is 28.7 Å². The molecule has 0 fully saturated rings. The number of aromatic nitrogens is 1. The van der Waals surface area contributed by atoms with Gasteiger partial charge in [0.2, 0.25) is 5.78 Å². The van der Waals surface area contributed by atoms with Crippen LogP contribution in [0, 0.1) is 6.92 Å². The van der Waals surface area contributed by atoms with Gasteiger partial charge in [0.25, 0.3) is 5.91 Å². The van der Waals surface area contributed by atoms with Crippen LogP contribution in [0.1, 0.15) is 34.8 Å². The summed E-state index contributed by atoms with van der Waals surface area (Å²) in [4.78, 5) is 28.2. The Labute approximate surface area is 200 Å². The number of amides is 1. The Balaban J connectivity index is 1.66. The van der Waals surface area contributed by atoms with E-state index in [2.05, 4.69) is 5.16 Å². The highest BCUT2D eigenvalue weighted by Gasteiger charge is 2.46. The van der Waals surface area contributed by atoms with Crippen molar-refractivity contribution in [2.24, 2.45) is 0 Å². The second-order valence-electron chi connectivity index (χ2n) is 7.96. The van der Waals surface area contributed by atoms with Crippen LogP contribution in [0.25, 0.3) is 11.0 Å². The number of anilines is 1. The number of carbonyl (C=O) groups excluding carboxylic acids is 2. The van der Waals surface area contributed by atoms with Crippen molar-refractivity contribution in [2.45, 2.75) is 19.9 Å². The van der Waals surface area contributed by atoms with Crippen LogP contribution < -0.4 is 14.4 Å². The predicted molar refractivity (Wildman–Crippen MR) is 126 cm³/mol. The minimum Gasteiger partial charge on any atom is -0.503 e. The van der Waals surface area contributed by atoms with E-state index >= 15 is 0 Å². The van der Waals surface area contributed by atoms with Gasteiger partial charge in [-0.3, -0.25) is 14.5 Å². The Bertz CT molecular complexity index is 1480. The lowest BCUT2D eigenvalue weighted by molar-refractivity contribution is -0.117. The standard InChI is InChI=1S/C26H22N2O7/c1-4-33-17-9-5-7-15(12-17)22-21(24(30)26(31)28(22)20-11-14(2)35-27-20)23(29)19-13-16-8-6-10-18(32-3)25(16)34-19/h5-13,22,30H,4H2,1-3H3. The summed E-state index contributed by atoms with van der Waals surface area (Å²) in [5, 5.41) is 15.5. The molecule has 2 aromatic heterocycles. The van der Waals surface area contributed by atoms with Gasteiger partial charge in [0.1, 0.15) is 11.5 Å². The minimum absolute atomic E-state index is 0.0389. The quantitative estimate of drug-likeness (QED) is 0.375. The maximum absolute atomic E-state index is 13.7. The van der Waals surface area contributed by atoms with Crippen molar-refractivity contribution in [3.63, 3.8) is 0 Å². The van der Waals surface area contributed by atoms with E-state index in [1.807, 2.05) is 6.92 Å². The second kappa shape index (κ2) is 8.68. The molecule has 5 rings (SSSR count). The van der Waals surface area contributed by atoms with Crippen LogP contribution in [0.2, 0.25) is 0 Å². The number of aliphatic hydroxyl groups excluding tert-OH is 1. The molecule has 2 aromatic carbocycles. The molecule has 1 aliphatic rings. The summed E-state index contributed by atoms with van der Waals surface area (Å²) in [6, 6.07) is 14.4. The molecular weight excluding hydrogens is 452 g/mol. The summed E-state index contributed by atoms with van der Waals surface area (Å²) in [5.41, 5.74) is 0.801. The number of rotatable bonds is 7. The Morgan fingerprint density at radius 1 is 1.17 bits per heavy atom. The Hall–Kier alpha value is -4.53. The van der Waals surface area contributed by atoms with Crippen LogP contribution >= 0.6 is 0 Å². The molecule has 9 nitrogen and oxygen atoms in total. The average molecular weight is 474 g/mol. The number of aliphatic hydroxyl groups is 1. The van der Waals surface area contributed by atoms with Crippen LogP contribution in [0.5, 0.6) is 11.5 Å². The van der Waals surface area contributed by atoms with Gasteiger partial charge in [0, 0.05) is 11.5 Å². The van der Waals surface area contributed by atoms with Crippen LogP contribution in [0.3, 0.4) is 0 Å². The normalized spacial score (nSPS) is 15.8. The van der Waals surface area contributed by atoms with Gasteiger partial charge >= 0.3 is 0 Å². The minimum atomic E-state index is -0.991. The van der Waals surface area contributed by atoms with E-state index in [0.717, 1.165) is 0 Å². The average Bonchev–Trinajstić information content (AvgIpc) is 3.55. The fraction of sp³-hybridized carbons (Fsp3) is 0.192. The molecule has 178 valence electrons. The van der Waals surface area contributed by atoms with Gasteiger partial charge in [-0.05, 0) is 43.7 Å². The maximum atomic E-state index is 13.7. The number of carbonyl (C=O) groups is 2. The number of ketones is 1. The van der Waals surface area contributed by atoms with Gasteiger partial charge in [-0.15, -0.1) is 0 Å². The van der Waals surface area contributed by atoms with E-state index in [1.165, 1.54) is 12.0 Å². The fourth-order valence-electron chi connectivity index (χ4n) is 4.24. The van der Waals surface area contributed by atoms with Crippen LogP contribution in [0.15, 0.2) is 74.9 Å². The maximum Gasteiger partial charge on any atom is 0.295 e. The smallest absolute Gasteiger partial charge is 0.295 e. The first-order valence-corrected chi connectivity index (χ1v) is 11.0.